The second kappa shape index (κ2) is 6.91. The van der Waals surface area contributed by atoms with E-state index in [9.17, 15) is 4.79 Å². The highest BCUT2D eigenvalue weighted by Gasteiger charge is 2.22. The molecule has 27 heavy (non-hydrogen) atoms. The molecule has 9 heteroatoms. The second-order valence-corrected chi connectivity index (χ2v) is 7.70. The number of amides is 1. The van der Waals surface area contributed by atoms with Crippen molar-refractivity contribution >= 4 is 38.3 Å². The van der Waals surface area contributed by atoms with Gasteiger partial charge in [-0.3, -0.25) is 9.89 Å². The van der Waals surface area contributed by atoms with Gasteiger partial charge in [0.05, 0.1) is 23.4 Å². The van der Waals surface area contributed by atoms with Crippen molar-refractivity contribution in [3.8, 4) is 0 Å². The molecule has 2 aliphatic rings. The Bertz CT molecular complexity index is 991. The highest BCUT2D eigenvalue weighted by Crippen LogP contribution is 2.31. The summed E-state index contributed by atoms with van der Waals surface area (Å²) in [4.78, 5) is 19.6. The third-order valence-corrected chi connectivity index (χ3v) is 6.02. The van der Waals surface area contributed by atoms with Crippen LogP contribution >= 0.6 is 11.3 Å². The van der Waals surface area contributed by atoms with E-state index in [0.717, 1.165) is 71.6 Å². The van der Waals surface area contributed by atoms with Crippen LogP contribution in [0.1, 0.15) is 21.7 Å². The number of H-pyrrole nitrogens is 1. The van der Waals surface area contributed by atoms with Gasteiger partial charge in [-0.15, -0.1) is 0 Å². The normalized spacial score (nSPS) is 17.1. The van der Waals surface area contributed by atoms with Crippen LogP contribution in [-0.2, 0) is 17.7 Å². The van der Waals surface area contributed by atoms with Crippen LogP contribution < -0.4 is 15.5 Å². The molecule has 1 fully saturated rings. The SMILES string of the molecule is O=C(Nc1ccc2nc(N3CCOCC3)sc2c1)c1n[nH]c2c1CNCC2. The minimum atomic E-state index is -0.187. The van der Waals surface area contributed by atoms with Gasteiger partial charge in [-0.25, -0.2) is 4.98 Å². The summed E-state index contributed by atoms with van der Waals surface area (Å²) in [5, 5.41) is 14.5. The van der Waals surface area contributed by atoms with Gasteiger partial charge in [-0.1, -0.05) is 11.3 Å². The van der Waals surface area contributed by atoms with Gasteiger partial charge in [0.2, 0.25) is 0 Å². The van der Waals surface area contributed by atoms with Gasteiger partial charge in [0.1, 0.15) is 0 Å². The lowest BCUT2D eigenvalue weighted by Crippen LogP contribution is -2.36. The molecular weight excluding hydrogens is 364 g/mol. The number of benzene rings is 1. The predicted molar refractivity (Wildman–Crippen MR) is 105 cm³/mol. The number of carbonyl (C=O) groups is 1. The number of thiazole rings is 1. The molecule has 2 aromatic heterocycles. The van der Waals surface area contributed by atoms with Gasteiger partial charge in [0, 0.05) is 49.5 Å². The van der Waals surface area contributed by atoms with E-state index >= 15 is 0 Å². The molecule has 1 amide bonds. The molecule has 140 valence electrons. The maximum absolute atomic E-state index is 12.7. The van der Waals surface area contributed by atoms with E-state index in [1.165, 1.54) is 0 Å². The van der Waals surface area contributed by atoms with Crippen molar-refractivity contribution in [3.05, 3.63) is 35.2 Å². The van der Waals surface area contributed by atoms with Crippen molar-refractivity contribution in [1.29, 1.82) is 0 Å². The number of carbonyl (C=O) groups excluding carboxylic acids is 1. The number of aromatic amines is 1. The van der Waals surface area contributed by atoms with Gasteiger partial charge >= 0.3 is 0 Å². The lowest BCUT2D eigenvalue weighted by atomic mass is 10.1. The molecule has 1 saturated heterocycles. The topological polar surface area (TPSA) is 95.2 Å². The smallest absolute Gasteiger partial charge is 0.276 e. The second-order valence-electron chi connectivity index (χ2n) is 6.69. The number of morpholine rings is 1. The third kappa shape index (κ3) is 3.18. The lowest BCUT2D eigenvalue weighted by molar-refractivity contribution is 0.102. The summed E-state index contributed by atoms with van der Waals surface area (Å²) in [6.45, 7) is 4.78. The first kappa shape index (κ1) is 16.7. The van der Waals surface area contributed by atoms with E-state index in [4.69, 9.17) is 9.72 Å². The molecule has 0 bridgehead atoms. The van der Waals surface area contributed by atoms with Crippen molar-refractivity contribution < 1.29 is 9.53 Å². The molecule has 3 aromatic rings. The van der Waals surface area contributed by atoms with E-state index in [1.807, 2.05) is 18.2 Å². The molecule has 0 unspecified atom stereocenters. The molecule has 0 spiro atoms. The van der Waals surface area contributed by atoms with Crippen LogP contribution in [0.4, 0.5) is 10.8 Å². The first-order valence-corrected chi connectivity index (χ1v) is 9.91. The summed E-state index contributed by atoms with van der Waals surface area (Å²) in [6.07, 6.45) is 0.868. The van der Waals surface area contributed by atoms with Gasteiger partial charge in [0.15, 0.2) is 10.8 Å². The van der Waals surface area contributed by atoms with Gasteiger partial charge in [-0.2, -0.15) is 5.10 Å². The van der Waals surface area contributed by atoms with Crippen molar-refractivity contribution in [3.63, 3.8) is 0 Å². The van der Waals surface area contributed by atoms with Crippen LogP contribution in [0.15, 0.2) is 18.2 Å². The molecule has 8 nitrogen and oxygen atoms in total. The molecule has 4 heterocycles. The van der Waals surface area contributed by atoms with E-state index in [2.05, 4.69) is 25.7 Å². The Labute approximate surface area is 159 Å². The van der Waals surface area contributed by atoms with Crippen molar-refractivity contribution in [2.75, 3.05) is 43.1 Å². The molecule has 0 aliphatic carbocycles. The Morgan fingerprint density at radius 1 is 1.30 bits per heavy atom. The fourth-order valence-corrected chi connectivity index (χ4v) is 4.54. The Morgan fingerprint density at radius 3 is 3.07 bits per heavy atom. The number of nitrogens with one attached hydrogen (secondary N) is 3. The lowest BCUT2D eigenvalue weighted by Gasteiger charge is -2.25. The molecular formula is C18H20N6O2S. The van der Waals surface area contributed by atoms with Crippen molar-refractivity contribution in [1.82, 2.24) is 20.5 Å². The Morgan fingerprint density at radius 2 is 2.19 bits per heavy atom. The fraction of sp³-hybridized carbons (Fsp3) is 0.389. The average Bonchev–Trinajstić information content (AvgIpc) is 3.32. The van der Waals surface area contributed by atoms with E-state index < -0.39 is 0 Å². The molecule has 3 N–H and O–H groups in total. The molecule has 1 aromatic carbocycles. The summed E-state index contributed by atoms with van der Waals surface area (Å²) in [7, 11) is 0. The number of ether oxygens (including phenoxy) is 1. The Hall–Kier alpha value is -2.49. The predicted octanol–water partition coefficient (Wildman–Crippen LogP) is 1.75. The third-order valence-electron chi connectivity index (χ3n) is 4.94. The quantitative estimate of drug-likeness (QED) is 0.637. The molecule has 5 rings (SSSR count). The van der Waals surface area contributed by atoms with Crippen LogP contribution in [-0.4, -0.2) is 53.9 Å². The number of anilines is 2. The van der Waals surface area contributed by atoms with Crippen LogP contribution in [0.25, 0.3) is 10.2 Å². The number of fused-ring (bicyclic) bond motifs is 2. The zero-order chi connectivity index (χ0) is 18.2. The van der Waals surface area contributed by atoms with Crippen LogP contribution in [0.5, 0.6) is 0 Å². The Kier molecular flexibility index (Phi) is 4.27. The zero-order valence-electron chi connectivity index (χ0n) is 14.7. The Balaban J connectivity index is 1.37. The number of hydrogen-bond donors (Lipinski definition) is 3. The first-order chi connectivity index (χ1) is 13.3. The van der Waals surface area contributed by atoms with Gasteiger partial charge in [0.25, 0.3) is 5.91 Å². The van der Waals surface area contributed by atoms with Crippen molar-refractivity contribution in [2.24, 2.45) is 0 Å². The van der Waals surface area contributed by atoms with E-state index in [-0.39, 0.29) is 5.91 Å². The monoisotopic (exact) mass is 384 g/mol. The van der Waals surface area contributed by atoms with Crippen LogP contribution in [0.3, 0.4) is 0 Å². The minimum absolute atomic E-state index is 0.187. The van der Waals surface area contributed by atoms with Crippen LogP contribution in [0, 0.1) is 0 Å². The number of rotatable bonds is 3. The maximum atomic E-state index is 12.7. The average molecular weight is 384 g/mol. The molecule has 0 saturated carbocycles. The highest BCUT2D eigenvalue weighted by molar-refractivity contribution is 7.22. The molecule has 0 atom stereocenters. The fourth-order valence-electron chi connectivity index (χ4n) is 3.48. The van der Waals surface area contributed by atoms with E-state index in [1.54, 1.807) is 11.3 Å². The van der Waals surface area contributed by atoms with Crippen LogP contribution in [0.2, 0.25) is 0 Å². The van der Waals surface area contributed by atoms with E-state index in [0.29, 0.717) is 12.2 Å². The summed E-state index contributed by atoms with van der Waals surface area (Å²) < 4.78 is 6.46. The minimum Gasteiger partial charge on any atom is -0.378 e. The standard InChI is InChI=1S/C18H20N6O2S/c25-17(16-12-10-19-4-3-13(12)22-23-16)20-11-1-2-14-15(9-11)27-18(21-14)24-5-7-26-8-6-24/h1-2,9,19H,3-8,10H2,(H,20,25)(H,22,23). The van der Waals surface area contributed by atoms with Crippen molar-refractivity contribution in [2.45, 2.75) is 13.0 Å². The number of aromatic nitrogens is 3. The summed E-state index contributed by atoms with van der Waals surface area (Å²) in [6, 6.07) is 5.82. The number of nitrogens with zero attached hydrogens (tertiary/aromatic N) is 3. The molecule has 0 radical (unpaired) electrons. The van der Waals surface area contributed by atoms with Gasteiger partial charge < -0.3 is 20.3 Å². The number of hydrogen-bond acceptors (Lipinski definition) is 7. The zero-order valence-corrected chi connectivity index (χ0v) is 15.6. The molecule has 2 aliphatic heterocycles. The van der Waals surface area contributed by atoms with Gasteiger partial charge in [-0.05, 0) is 18.2 Å². The highest BCUT2D eigenvalue weighted by atomic mass is 32.1. The summed E-state index contributed by atoms with van der Waals surface area (Å²) >= 11 is 1.64. The summed E-state index contributed by atoms with van der Waals surface area (Å²) in [5.41, 5.74) is 4.18. The first-order valence-electron chi connectivity index (χ1n) is 9.09. The largest absolute Gasteiger partial charge is 0.378 e. The maximum Gasteiger partial charge on any atom is 0.276 e. The summed E-state index contributed by atoms with van der Waals surface area (Å²) in [5.74, 6) is -0.187.